The minimum Gasteiger partial charge on any atom is -0.443 e. The number of nitriles is 1. The molecule has 0 saturated heterocycles. The number of amides is 1. The number of nitrogens with zero attached hydrogens (tertiary/aromatic N) is 4. The van der Waals surface area contributed by atoms with E-state index in [2.05, 4.69) is 31.3 Å². The van der Waals surface area contributed by atoms with Crippen molar-refractivity contribution in [2.75, 3.05) is 11.6 Å². The van der Waals surface area contributed by atoms with Gasteiger partial charge in [-0.05, 0) is 42.6 Å². The molecule has 0 fully saturated rings. The van der Waals surface area contributed by atoms with E-state index >= 15 is 0 Å². The molecule has 0 aliphatic rings. The zero-order chi connectivity index (χ0) is 16.9. The molecule has 1 aromatic heterocycles. The summed E-state index contributed by atoms with van der Waals surface area (Å²) in [5, 5.41) is 10.5. The van der Waals surface area contributed by atoms with Gasteiger partial charge in [0.2, 0.25) is 5.82 Å². The Labute approximate surface area is 138 Å². The first-order valence-corrected chi connectivity index (χ1v) is 7.61. The molecule has 8 heteroatoms. The van der Waals surface area contributed by atoms with Gasteiger partial charge in [0.1, 0.15) is 11.7 Å². The van der Waals surface area contributed by atoms with Gasteiger partial charge in [-0.25, -0.2) is 15.2 Å². The molecule has 0 radical (unpaired) electrons. The highest BCUT2D eigenvalue weighted by molar-refractivity contribution is 9.10. The molecule has 0 aliphatic heterocycles. The first-order valence-electron chi connectivity index (χ1n) is 6.82. The van der Waals surface area contributed by atoms with E-state index in [1.165, 1.54) is 6.20 Å². The number of aromatic nitrogens is 2. The van der Waals surface area contributed by atoms with Crippen molar-refractivity contribution in [3.63, 3.8) is 0 Å². The standard InChI is InChI=1S/C14H20BrN5O2/c1-9(2)8-20(19-13(21)22-14(3,4)5)12-10(15)7-17-11(6-16)18-12/h7,9H,8H2,1-5H3,(H,19,21). The third-order valence-electron chi connectivity index (χ3n) is 2.25. The van der Waals surface area contributed by atoms with Crippen LogP contribution in [-0.4, -0.2) is 28.2 Å². The van der Waals surface area contributed by atoms with Crippen LogP contribution in [0.3, 0.4) is 0 Å². The molecular formula is C14H20BrN5O2. The second-order valence-corrected chi connectivity index (χ2v) is 6.95. The summed E-state index contributed by atoms with van der Waals surface area (Å²) < 4.78 is 5.82. The Morgan fingerprint density at radius 2 is 2.18 bits per heavy atom. The highest BCUT2D eigenvalue weighted by atomic mass is 79.9. The van der Waals surface area contributed by atoms with Crippen LogP contribution in [0.25, 0.3) is 0 Å². The number of halogens is 1. The fourth-order valence-electron chi connectivity index (χ4n) is 1.56. The van der Waals surface area contributed by atoms with Crippen LogP contribution in [0.1, 0.15) is 40.4 Å². The number of hydrazine groups is 1. The van der Waals surface area contributed by atoms with E-state index in [1.807, 2.05) is 19.9 Å². The van der Waals surface area contributed by atoms with Crippen LogP contribution in [0.2, 0.25) is 0 Å². The highest BCUT2D eigenvalue weighted by Crippen LogP contribution is 2.23. The topological polar surface area (TPSA) is 91.1 Å². The second kappa shape index (κ2) is 7.40. The van der Waals surface area contributed by atoms with Crippen molar-refractivity contribution >= 4 is 27.8 Å². The Morgan fingerprint density at radius 3 is 2.68 bits per heavy atom. The van der Waals surface area contributed by atoms with Crippen LogP contribution >= 0.6 is 15.9 Å². The normalized spacial score (nSPS) is 11.0. The van der Waals surface area contributed by atoms with Crippen molar-refractivity contribution in [2.24, 2.45) is 5.92 Å². The molecule has 0 aromatic carbocycles. The molecule has 7 nitrogen and oxygen atoms in total. The van der Waals surface area contributed by atoms with Gasteiger partial charge >= 0.3 is 6.09 Å². The van der Waals surface area contributed by atoms with Crippen LogP contribution in [0.4, 0.5) is 10.6 Å². The lowest BCUT2D eigenvalue weighted by molar-refractivity contribution is 0.0519. The number of hydrogen-bond donors (Lipinski definition) is 1. The SMILES string of the molecule is CC(C)CN(NC(=O)OC(C)(C)C)c1nc(C#N)ncc1Br. The van der Waals surface area contributed by atoms with Crippen molar-refractivity contribution < 1.29 is 9.53 Å². The van der Waals surface area contributed by atoms with E-state index in [-0.39, 0.29) is 11.7 Å². The van der Waals surface area contributed by atoms with Gasteiger partial charge < -0.3 is 4.74 Å². The molecule has 1 rings (SSSR count). The van der Waals surface area contributed by atoms with Crippen LogP contribution in [-0.2, 0) is 4.74 Å². The van der Waals surface area contributed by atoms with E-state index in [0.29, 0.717) is 16.8 Å². The summed E-state index contributed by atoms with van der Waals surface area (Å²) in [5.41, 5.74) is 2.05. The summed E-state index contributed by atoms with van der Waals surface area (Å²) in [6.07, 6.45) is 0.891. The lowest BCUT2D eigenvalue weighted by Crippen LogP contribution is -2.47. The Kier molecular flexibility index (Phi) is 6.11. The average molecular weight is 370 g/mol. The maximum absolute atomic E-state index is 12.0. The molecule has 0 atom stereocenters. The molecule has 0 aliphatic carbocycles. The van der Waals surface area contributed by atoms with Gasteiger partial charge in [0.15, 0.2) is 5.82 Å². The smallest absolute Gasteiger partial charge is 0.426 e. The zero-order valence-corrected chi connectivity index (χ0v) is 14.9. The van der Waals surface area contributed by atoms with Crippen molar-refractivity contribution in [3.05, 3.63) is 16.5 Å². The number of carbonyl (C=O) groups excluding carboxylic acids is 1. The Morgan fingerprint density at radius 1 is 1.55 bits per heavy atom. The predicted octanol–water partition coefficient (Wildman–Crippen LogP) is 3.01. The van der Waals surface area contributed by atoms with Crippen molar-refractivity contribution in [3.8, 4) is 6.07 Å². The van der Waals surface area contributed by atoms with E-state index in [0.717, 1.165) is 0 Å². The predicted molar refractivity (Wildman–Crippen MR) is 86.0 cm³/mol. The molecule has 22 heavy (non-hydrogen) atoms. The molecule has 120 valence electrons. The molecule has 0 bridgehead atoms. The monoisotopic (exact) mass is 369 g/mol. The molecule has 1 N–H and O–H groups in total. The van der Waals surface area contributed by atoms with Crippen LogP contribution in [0, 0.1) is 17.2 Å². The lowest BCUT2D eigenvalue weighted by atomic mass is 10.2. The number of nitrogens with one attached hydrogen (secondary N) is 1. The number of anilines is 1. The minimum atomic E-state index is -0.603. The second-order valence-electron chi connectivity index (χ2n) is 6.10. The zero-order valence-electron chi connectivity index (χ0n) is 13.3. The largest absolute Gasteiger partial charge is 0.443 e. The first-order chi connectivity index (χ1) is 10.1. The van der Waals surface area contributed by atoms with Crippen LogP contribution in [0.5, 0.6) is 0 Å². The Hall–Kier alpha value is -1.88. The van der Waals surface area contributed by atoms with Gasteiger partial charge in [0.05, 0.1) is 4.47 Å². The van der Waals surface area contributed by atoms with Gasteiger partial charge in [-0.15, -0.1) is 0 Å². The van der Waals surface area contributed by atoms with E-state index < -0.39 is 11.7 Å². The Bertz CT molecular complexity index is 578. The number of rotatable bonds is 4. The fraction of sp³-hybridized carbons (Fsp3) is 0.571. The van der Waals surface area contributed by atoms with Gasteiger partial charge in [-0.2, -0.15) is 10.2 Å². The highest BCUT2D eigenvalue weighted by Gasteiger charge is 2.21. The summed E-state index contributed by atoms with van der Waals surface area (Å²) in [7, 11) is 0. The quantitative estimate of drug-likeness (QED) is 0.820. The van der Waals surface area contributed by atoms with Gasteiger partial charge in [0, 0.05) is 12.7 Å². The van der Waals surface area contributed by atoms with Crippen molar-refractivity contribution in [1.29, 1.82) is 5.26 Å². The van der Waals surface area contributed by atoms with E-state index in [9.17, 15) is 4.79 Å². The van der Waals surface area contributed by atoms with Gasteiger partial charge in [-0.1, -0.05) is 13.8 Å². The van der Waals surface area contributed by atoms with Crippen LogP contribution in [0.15, 0.2) is 10.7 Å². The third-order valence-corrected chi connectivity index (χ3v) is 2.81. The number of carbonyl (C=O) groups is 1. The van der Waals surface area contributed by atoms with Gasteiger partial charge in [0.25, 0.3) is 0 Å². The van der Waals surface area contributed by atoms with Crippen LogP contribution < -0.4 is 10.4 Å². The number of ether oxygens (including phenoxy) is 1. The molecule has 1 aromatic rings. The number of hydrogen-bond acceptors (Lipinski definition) is 6. The van der Waals surface area contributed by atoms with E-state index in [4.69, 9.17) is 10.00 Å². The minimum absolute atomic E-state index is 0.0259. The van der Waals surface area contributed by atoms with E-state index in [1.54, 1.807) is 25.8 Å². The van der Waals surface area contributed by atoms with Crippen molar-refractivity contribution in [1.82, 2.24) is 15.4 Å². The summed E-state index contributed by atoms with van der Waals surface area (Å²) in [4.78, 5) is 20.0. The maximum atomic E-state index is 12.0. The third kappa shape index (κ3) is 5.85. The first kappa shape index (κ1) is 18.2. The average Bonchev–Trinajstić information content (AvgIpc) is 2.35. The molecule has 1 amide bonds. The van der Waals surface area contributed by atoms with Crippen molar-refractivity contribution in [2.45, 2.75) is 40.2 Å². The maximum Gasteiger partial charge on any atom is 0.426 e. The summed E-state index contributed by atoms with van der Waals surface area (Å²) in [5.74, 6) is 0.686. The molecule has 1 heterocycles. The summed E-state index contributed by atoms with van der Waals surface area (Å²) in [6, 6.07) is 1.88. The molecule has 0 saturated carbocycles. The molecular weight excluding hydrogens is 350 g/mol. The van der Waals surface area contributed by atoms with Gasteiger partial charge in [-0.3, -0.25) is 5.01 Å². The molecule has 0 spiro atoms. The fourth-order valence-corrected chi connectivity index (χ4v) is 1.97. The lowest BCUT2D eigenvalue weighted by Gasteiger charge is -2.28. The Balaban J connectivity index is 3.03. The molecule has 0 unspecified atom stereocenters. The summed E-state index contributed by atoms with van der Waals surface area (Å²) >= 11 is 3.33. The summed E-state index contributed by atoms with van der Waals surface area (Å²) in [6.45, 7) is 9.86.